The fraction of sp³-hybridized carbons (Fsp3) is 0.538. The molecule has 0 spiro atoms. The Bertz CT molecular complexity index is 396. The normalized spacial score (nSPS) is 25.3. The van der Waals surface area contributed by atoms with Crippen LogP contribution in [0.25, 0.3) is 0 Å². The topological polar surface area (TPSA) is 32.7 Å². The third kappa shape index (κ3) is 3.01. The van der Waals surface area contributed by atoms with Crippen molar-refractivity contribution in [2.45, 2.75) is 25.6 Å². The first kappa shape index (κ1) is 13.7. The van der Waals surface area contributed by atoms with Gasteiger partial charge in [-0.3, -0.25) is 4.90 Å². The van der Waals surface area contributed by atoms with Gasteiger partial charge in [-0.15, -0.1) is 0 Å². The molecule has 0 bridgehead atoms. The molecular formula is C13H17ClFNO2. The van der Waals surface area contributed by atoms with Gasteiger partial charge in [-0.05, 0) is 19.1 Å². The Morgan fingerprint density at radius 3 is 3.00 bits per heavy atom. The fourth-order valence-electron chi connectivity index (χ4n) is 2.09. The van der Waals surface area contributed by atoms with E-state index in [9.17, 15) is 4.39 Å². The predicted molar refractivity (Wildman–Crippen MR) is 68.1 cm³/mol. The maximum atomic E-state index is 13.7. The quantitative estimate of drug-likeness (QED) is 0.915. The van der Waals surface area contributed by atoms with E-state index in [0.717, 1.165) is 0 Å². The lowest BCUT2D eigenvalue weighted by atomic mass is 10.1. The van der Waals surface area contributed by atoms with Crippen LogP contribution in [0.15, 0.2) is 18.2 Å². The van der Waals surface area contributed by atoms with Crippen molar-refractivity contribution in [2.24, 2.45) is 0 Å². The molecule has 0 saturated carbocycles. The number of nitrogens with zero attached hydrogens (tertiary/aromatic N) is 1. The van der Waals surface area contributed by atoms with Crippen LogP contribution in [0.2, 0.25) is 5.02 Å². The molecular weight excluding hydrogens is 257 g/mol. The molecule has 0 radical (unpaired) electrons. The van der Waals surface area contributed by atoms with Crippen molar-refractivity contribution in [3.05, 3.63) is 34.6 Å². The van der Waals surface area contributed by atoms with Crippen LogP contribution in [0.5, 0.6) is 0 Å². The Labute approximate surface area is 111 Å². The van der Waals surface area contributed by atoms with Crippen LogP contribution >= 0.6 is 11.6 Å². The number of rotatable bonds is 3. The number of benzene rings is 1. The molecule has 0 amide bonds. The van der Waals surface area contributed by atoms with Crippen LogP contribution in [0, 0.1) is 5.82 Å². The molecule has 1 aromatic carbocycles. The van der Waals surface area contributed by atoms with Crippen molar-refractivity contribution >= 4 is 11.6 Å². The van der Waals surface area contributed by atoms with Gasteiger partial charge in [-0.25, -0.2) is 4.39 Å². The van der Waals surface area contributed by atoms with E-state index < -0.39 is 0 Å². The molecule has 1 aromatic rings. The van der Waals surface area contributed by atoms with E-state index in [2.05, 4.69) is 4.90 Å². The summed E-state index contributed by atoms with van der Waals surface area (Å²) in [6, 6.07) is 4.88. The molecule has 1 heterocycles. The average molecular weight is 274 g/mol. The third-order valence-corrected chi connectivity index (χ3v) is 3.62. The van der Waals surface area contributed by atoms with E-state index in [1.165, 1.54) is 6.07 Å². The Balaban J connectivity index is 2.12. The number of hydrogen-bond acceptors (Lipinski definition) is 3. The summed E-state index contributed by atoms with van der Waals surface area (Å²) >= 11 is 6.02. The first-order valence-corrected chi connectivity index (χ1v) is 6.39. The number of aliphatic hydroxyl groups is 1. The largest absolute Gasteiger partial charge is 0.394 e. The molecule has 2 rings (SSSR count). The Kier molecular flexibility index (Phi) is 4.56. The van der Waals surface area contributed by atoms with Gasteiger partial charge in [0.15, 0.2) is 0 Å². The molecule has 1 N–H and O–H groups in total. The SMILES string of the molecule is CC1COC(CO)CN1Cc1c(F)cccc1Cl. The Hall–Kier alpha value is -0.680. The minimum Gasteiger partial charge on any atom is -0.394 e. The van der Waals surface area contributed by atoms with Gasteiger partial charge in [0.05, 0.1) is 19.3 Å². The number of aliphatic hydroxyl groups excluding tert-OH is 1. The summed E-state index contributed by atoms with van der Waals surface area (Å²) in [4.78, 5) is 2.08. The van der Waals surface area contributed by atoms with Crippen LogP contribution in [0.1, 0.15) is 12.5 Å². The molecule has 0 aliphatic carbocycles. The van der Waals surface area contributed by atoms with E-state index in [0.29, 0.717) is 30.3 Å². The molecule has 3 nitrogen and oxygen atoms in total. The van der Waals surface area contributed by atoms with Crippen molar-refractivity contribution in [3.8, 4) is 0 Å². The van der Waals surface area contributed by atoms with E-state index in [1.54, 1.807) is 12.1 Å². The standard InChI is InChI=1S/C13H17ClFNO2/c1-9-8-18-10(7-17)5-16(9)6-11-12(14)3-2-4-13(11)15/h2-4,9-10,17H,5-8H2,1H3. The van der Waals surface area contributed by atoms with Crippen LogP contribution in [-0.4, -0.2) is 41.9 Å². The van der Waals surface area contributed by atoms with Gasteiger partial charge in [-0.1, -0.05) is 17.7 Å². The molecule has 100 valence electrons. The predicted octanol–water partition coefficient (Wildman–Crippen LogP) is 2.06. The Morgan fingerprint density at radius 2 is 2.33 bits per heavy atom. The summed E-state index contributed by atoms with van der Waals surface area (Å²) in [5, 5.41) is 9.56. The molecule has 5 heteroatoms. The second-order valence-electron chi connectivity index (χ2n) is 4.62. The zero-order valence-corrected chi connectivity index (χ0v) is 11.0. The molecule has 1 fully saturated rings. The first-order valence-electron chi connectivity index (χ1n) is 6.01. The summed E-state index contributed by atoms with van der Waals surface area (Å²) in [6.45, 7) is 3.56. The lowest BCUT2D eigenvalue weighted by Gasteiger charge is -2.37. The summed E-state index contributed by atoms with van der Waals surface area (Å²) in [5.74, 6) is -0.290. The number of hydrogen-bond donors (Lipinski definition) is 1. The van der Waals surface area contributed by atoms with Crippen molar-refractivity contribution in [1.82, 2.24) is 4.90 Å². The number of morpholine rings is 1. The monoisotopic (exact) mass is 273 g/mol. The van der Waals surface area contributed by atoms with Gasteiger partial charge < -0.3 is 9.84 Å². The van der Waals surface area contributed by atoms with Gasteiger partial charge in [-0.2, -0.15) is 0 Å². The minimum atomic E-state index is -0.290. The van der Waals surface area contributed by atoms with Gasteiger partial charge in [0.1, 0.15) is 5.82 Å². The van der Waals surface area contributed by atoms with E-state index in [4.69, 9.17) is 21.4 Å². The summed E-state index contributed by atoms with van der Waals surface area (Å²) in [7, 11) is 0. The molecule has 1 saturated heterocycles. The number of ether oxygens (including phenoxy) is 1. The number of halogens is 2. The van der Waals surface area contributed by atoms with Crippen LogP contribution < -0.4 is 0 Å². The van der Waals surface area contributed by atoms with Gasteiger partial charge in [0.25, 0.3) is 0 Å². The van der Waals surface area contributed by atoms with Crippen molar-refractivity contribution in [1.29, 1.82) is 0 Å². The maximum absolute atomic E-state index is 13.7. The first-order chi connectivity index (χ1) is 8.61. The molecule has 0 aromatic heterocycles. The lowest BCUT2D eigenvalue weighted by Crippen LogP contribution is -2.49. The highest BCUT2D eigenvalue weighted by Gasteiger charge is 2.26. The smallest absolute Gasteiger partial charge is 0.129 e. The molecule has 18 heavy (non-hydrogen) atoms. The van der Waals surface area contributed by atoms with Crippen LogP contribution in [0.4, 0.5) is 4.39 Å². The van der Waals surface area contributed by atoms with E-state index >= 15 is 0 Å². The van der Waals surface area contributed by atoms with Crippen molar-refractivity contribution in [2.75, 3.05) is 19.8 Å². The zero-order valence-electron chi connectivity index (χ0n) is 10.3. The summed E-state index contributed by atoms with van der Waals surface area (Å²) in [5.41, 5.74) is 0.504. The minimum absolute atomic E-state index is 0.0196. The average Bonchev–Trinajstić information content (AvgIpc) is 2.36. The molecule has 2 atom stereocenters. The summed E-state index contributed by atoms with van der Waals surface area (Å²) in [6.07, 6.45) is -0.202. The van der Waals surface area contributed by atoms with Gasteiger partial charge in [0.2, 0.25) is 0 Å². The molecule has 2 unspecified atom stereocenters. The van der Waals surface area contributed by atoms with E-state index in [1.807, 2.05) is 6.92 Å². The fourth-order valence-corrected chi connectivity index (χ4v) is 2.32. The highest BCUT2D eigenvalue weighted by Crippen LogP contribution is 2.23. The second-order valence-corrected chi connectivity index (χ2v) is 5.02. The zero-order chi connectivity index (χ0) is 13.1. The maximum Gasteiger partial charge on any atom is 0.129 e. The molecule has 1 aliphatic heterocycles. The van der Waals surface area contributed by atoms with Crippen LogP contribution in [0.3, 0.4) is 0 Å². The van der Waals surface area contributed by atoms with Crippen molar-refractivity contribution < 1.29 is 14.2 Å². The second kappa shape index (κ2) is 5.97. The highest BCUT2D eigenvalue weighted by atomic mass is 35.5. The molecule has 1 aliphatic rings. The van der Waals surface area contributed by atoms with Gasteiger partial charge in [0, 0.05) is 29.7 Å². The van der Waals surface area contributed by atoms with Crippen LogP contribution in [-0.2, 0) is 11.3 Å². The Morgan fingerprint density at radius 1 is 1.56 bits per heavy atom. The third-order valence-electron chi connectivity index (χ3n) is 3.26. The lowest BCUT2D eigenvalue weighted by molar-refractivity contribution is -0.0807. The van der Waals surface area contributed by atoms with E-state index in [-0.39, 0.29) is 24.6 Å². The van der Waals surface area contributed by atoms with Crippen molar-refractivity contribution in [3.63, 3.8) is 0 Å². The highest BCUT2D eigenvalue weighted by molar-refractivity contribution is 6.31. The summed E-state index contributed by atoms with van der Waals surface area (Å²) < 4.78 is 19.2. The van der Waals surface area contributed by atoms with Gasteiger partial charge >= 0.3 is 0 Å².